The minimum absolute atomic E-state index is 0.657. The smallest absolute Gasteiger partial charge is 0.324 e. The molecule has 0 N–H and O–H groups in total. The van der Waals surface area contributed by atoms with Crippen molar-refractivity contribution in [2.75, 3.05) is 13.2 Å². The van der Waals surface area contributed by atoms with Crippen molar-refractivity contribution in [3.05, 3.63) is 0 Å². The molecule has 0 aromatic carbocycles. The molecule has 0 saturated heterocycles. The van der Waals surface area contributed by atoms with Crippen LogP contribution in [0.15, 0.2) is 0 Å². The summed E-state index contributed by atoms with van der Waals surface area (Å²) in [4.78, 5) is 0. The van der Waals surface area contributed by atoms with E-state index in [4.69, 9.17) is 8.85 Å². The third-order valence-electron chi connectivity index (χ3n) is 2.95. The highest BCUT2D eigenvalue weighted by atomic mass is 28.3. The Morgan fingerprint density at radius 3 is 1.88 bits per heavy atom. The second-order valence-corrected chi connectivity index (χ2v) is 7.48. The third kappa shape index (κ3) is 9.80. The number of rotatable bonds is 12. The maximum Gasteiger partial charge on any atom is 0.324 e. The lowest BCUT2D eigenvalue weighted by atomic mass is 10.1. The van der Waals surface area contributed by atoms with E-state index < -0.39 is 9.28 Å². The Bertz CT molecular complexity index is 145. The van der Waals surface area contributed by atoms with E-state index in [1.54, 1.807) is 0 Å². The molecule has 0 aromatic heterocycles. The second kappa shape index (κ2) is 12.6. The topological polar surface area (TPSA) is 18.5 Å². The summed E-state index contributed by atoms with van der Waals surface area (Å²) in [5.74, 6) is 0. The summed E-state index contributed by atoms with van der Waals surface area (Å²) in [6, 6.07) is 0. The highest BCUT2D eigenvalue weighted by molar-refractivity contribution is 6.46. The van der Waals surface area contributed by atoms with E-state index in [1.807, 2.05) is 0 Å². The highest BCUT2D eigenvalue weighted by Crippen LogP contribution is 2.20. The molecule has 104 valence electrons. The fourth-order valence-electron chi connectivity index (χ4n) is 1.87. The van der Waals surface area contributed by atoms with Crippen molar-refractivity contribution >= 4 is 9.28 Å². The Labute approximate surface area is 110 Å². The monoisotopic (exact) mass is 260 g/mol. The molecule has 1 atom stereocenters. The molecule has 0 rings (SSSR count). The van der Waals surface area contributed by atoms with Crippen LogP contribution in [0.4, 0.5) is 0 Å². The maximum atomic E-state index is 5.93. The Balaban J connectivity index is 3.80. The molecule has 0 aromatic rings. The van der Waals surface area contributed by atoms with Crippen LogP contribution in [0.5, 0.6) is 0 Å². The van der Waals surface area contributed by atoms with E-state index in [9.17, 15) is 0 Å². The summed E-state index contributed by atoms with van der Waals surface area (Å²) in [5, 5.41) is 0. The molecule has 1 unspecified atom stereocenters. The predicted molar refractivity (Wildman–Crippen MR) is 77.8 cm³/mol. The van der Waals surface area contributed by atoms with Crippen LogP contribution < -0.4 is 0 Å². The molecule has 0 amide bonds. The molecule has 0 bridgehead atoms. The van der Waals surface area contributed by atoms with Crippen LogP contribution in [0.2, 0.25) is 5.54 Å². The first-order valence-electron chi connectivity index (χ1n) is 7.49. The maximum absolute atomic E-state index is 5.93. The zero-order chi connectivity index (χ0) is 12.9. The molecule has 0 aliphatic heterocycles. The van der Waals surface area contributed by atoms with Gasteiger partial charge in [-0.3, -0.25) is 0 Å². The lowest BCUT2D eigenvalue weighted by molar-refractivity contribution is 0.187. The van der Waals surface area contributed by atoms with Gasteiger partial charge in [-0.15, -0.1) is 0 Å². The molecular formula is C14H32O2Si. The van der Waals surface area contributed by atoms with E-state index in [0.29, 0.717) is 5.54 Å². The van der Waals surface area contributed by atoms with E-state index in [1.165, 1.54) is 32.1 Å². The molecule has 2 nitrogen and oxygen atoms in total. The van der Waals surface area contributed by atoms with Gasteiger partial charge in [-0.25, -0.2) is 0 Å². The highest BCUT2D eigenvalue weighted by Gasteiger charge is 2.21. The molecule has 0 aliphatic rings. The number of unbranched alkanes of at least 4 members (excludes halogenated alkanes) is 3. The van der Waals surface area contributed by atoms with Crippen LogP contribution in [0.3, 0.4) is 0 Å². The van der Waals surface area contributed by atoms with Crippen LogP contribution in [-0.4, -0.2) is 22.5 Å². The van der Waals surface area contributed by atoms with Crippen LogP contribution in [0, 0.1) is 0 Å². The van der Waals surface area contributed by atoms with Gasteiger partial charge in [0.1, 0.15) is 0 Å². The van der Waals surface area contributed by atoms with E-state index in [-0.39, 0.29) is 0 Å². The van der Waals surface area contributed by atoms with E-state index in [0.717, 1.165) is 26.1 Å². The third-order valence-corrected chi connectivity index (χ3v) is 5.34. The Morgan fingerprint density at radius 1 is 0.824 bits per heavy atom. The van der Waals surface area contributed by atoms with Gasteiger partial charge in [0.25, 0.3) is 0 Å². The number of hydrogen-bond acceptors (Lipinski definition) is 2. The van der Waals surface area contributed by atoms with Crippen LogP contribution in [0.1, 0.15) is 72.6 Å². The lowest BCUT2D eigenvalue weighted by Gasteiger charge is -2.22. The quantitative estimate of drug-likeness (QED) is 0.382. The largest absolute Gasteiger partial charge is 0.396 e. The van der Waals surface area contributed by atoms with E-state index in [2.05, 4.69) is 27.7 Å². The summed E-state index contributed by atoms with van der Waals surface area (Å²) in [7, 11) is -1.41. The van der Waals surface area contributed by atoms with Gasteiger partial charge in [-0.2, -0.15) is 0 Å². The molecule has 0 aliphatic carbocycles. The van der Waals surface area contributed by atoms with Crippen molar-refractivity contribution in [3.63, 3.8) is 0 Å². The summed E-state index contributed by atoms with van der Waals surface area (Å²) in [6.07, 6.45) is 8.86. The van der Waals surface area contributed by atoms with Crippen molar-refractivity contribution in [2.24, 2.45) is 0 Å². The lowest BCUT2D eigenvalue weighted by Crippen LogP contribution is -2.28. The first-order valence-corrected chi connectivity index (χ1v) is 9.10. The van der Waals surface area contributed by atoms with Gasteiger partial charge >= 0.3 is 9.28 Å². The average molecular weight is 260 g/mol. The minimum atomic E-state index is -1.41. The molecule has 0 radical (unpaired) electrons. The SMILES string of the molecule is CCCCCCC(C)[SiH](OCCC)OCCC. The van der Waals surface area contributed by atoms with Crippen molar-refractivity contribution < 1.29 is 8.85 Å². The summed E-state index contributed by atoms with van der Waals surface area (Å²) in [5.41, 5.74) is 0.657. The summed E-state index contributed by atoms with van der Waals surface area (Å²) < 4.78 is 11.9. The number of hydrogen-bond donors (Lipinski definition) is 0. The van der Waals surface area contributed by atoms with Gasteiger partial charge in [0.15, 0.2) is 0 Å². The van der Waals surface area contributed by atoms with E-state index >= 15 is 0 Å². The van der Waals surface area contributed by atoms with Gasteiger partial charge < -0.3 is 8.85 Å². The van der Waals surface area contributed by atoms with Crippen molar-refractivity contribution in [2.45, 2.75) is 78.2 Å². The Kier molecular flexibility index (Phi) is 12.7. The molecule has 17 heavy (non-hydrogen) atoms. The van der Waals surface area contributed by atoms with Crippen LogP contribution in [0.25, 0.3) is 0 Å². The second-order valence-electron chi connectivity index (χ2n) is 4.94. The molecule has 0 spiro atoms. The van der Waals surface area contributed by atoms with Gasteiger partial charge in [0, 0.05) is 13.2 Å². The van der Waals surface area contributed by atoms with Gasteiger partial charge in [-0.05, 0) is 24.8 Å². The first kappa shape index (κ1) is 17.1. The minimum Gasteiger partial charge on any atom is -0.396 e. The predicted octanol–water partition coefficient (Wildman–Crippen LogP) is 4.42. The average Bonchev–Trinajstić information content (AvgIpc) is 2.34. The fraction of sp³-hybridized carbons (Fsp3) is 1.00. The Morgan fingerprint density at radius 2 is 1.41 bits per heavy atom. The molecular weight excluding hydrogens is 228 g/mol. The van der Waals surface area contributed by atoms with Crippen LogP contribution in [-0.2, 0) is 8.85 Å². The molecule has 0 fully saturated rings. The van der Waals surface area contributed by atoms with Crippen molar-refractivity contribution in [3.8, 4) is 0 Å². The standard InChI is InChI=1S/C14H32O2Si/c1-5-8-9-10-11-14(4)17(15-12-6-2)16-13-7-3/h14,17H,5-13H2,1-4H3. The summed E-state index contributed by atoms with van der Waals surface area (Å²) >= 11 is 0. The molecule has 0 saturated carbocycles. The summed E-state index contributed by atoms with van der Waals surface area (Å²) in [6.45, 7) is 10.7. The fourth-order valence-corrected chi connectivity index (χ4v) is 4.07. The van der Waals surface area contributed by atoms with Crippen molar-refractivity contribution in [1.82, 2.24) is 0 Å². The molecule has 0 heterocycles. The normalized spacial score (nSPS) is 13.2. The first-order chi connectivity index (χ1) is 8.26. The zero-order valence-electron chi connectivity index (χ0n) is 12.3. The van der Waals surface area contributed by atoms with Gasteiger partial charge in [0.05, 0.1) is 0 Å². The van der Waals surface area contributed by atoms with Gasteiger partial charge in [-0.1, -0.05) is 53.4 Å². The zero-order valence-corrected chi connectivity index (χ0v) is 13.5. The Hall–Kier alpha value is 0.137. The molecule has 3 heteroatoms. The van der Waals surface area contributed by atoms with Gasteiger partial charge in [0.2, 0.25) is 0 Å². The van der Waals surface area contributed by atoms with Crippen molar-refractivity contribution in [1.29, 1.82) is 0 Å². The van der Waals surface area contributed by atoms with Crippen LogP contribution >= 0.6 is 0 Å².